The molecule has 0 saturated heterocycles. The summed E-state index contributed by atoms with van der Waals surface area (Å²) in [6.07, 6.45) is 0.858. The summed E-state index contributed by atoms with van der Waals surface area (Å²) < 4.78 is 14.7. The van der Waals surface area contributed by atoms with Gasteiger partial charge in [0.05, 0.1) is 17.8 Å². The normalized spacial score (nSPS) is 16.0. The van der Waals surface area contributed by atoms with Crippen LogP contribution < -0.4 is 16.0 Å². The number of hydrogen-bond acceptors (Lipinski definition) is 3. The first-order valence-corrected chi connectivity index (χ1v) is 10.1. The molecule has 1 aliphatic heterocycles. The largest absolute Gasteiger partial charge is 0.859 e. The number of nitrogens with zero attached hydrogens (tertiary/aromatic N) is 1. The van der Waals surface area contributed by atoms with E-state index in [1.807, 2.05) is 23.5 Å². The number of hydrogen-bond donors (Lipinski definition) is 3. The minimum Gasteiger partial charge on any atom is -0.859 e. The van der Waals surface area contributed by atoms with E-state index in [0.29, 0.717) is 0 Å². The topological polar surface area (TPSA) is 93.2 Å². The summed E-state index contributed by atoms with van der Waals surface area (Å²) in [6, 6.07) is 13.4. The van der Waals surface area contributed by atoms with Crippen LogP contribution in [0.3, 0.4) is 0 Å². The minimum atomic E-state index is -0.465. The maximum Gasteiger partial charge on any atom is 0.260 e. The van der Waals surface area contributed by atoms with E-state index >= 15 is 0 Å². The zero-order valence-electron chi connectivity index (χ0n) is 15.9. The highest BCUT2D eigenvalue weighted by molar-refractivity contribution is 7.71. The van der Waals surface area contributed by atoms with Gasteiger partial charge in [0.2, 0.25) is 0 Å². The SMILES string of the molecule is O=c1[nH]c(=S)n(Cc2ccc(F)cc2)c([O-])c1[C@H]1[NH2+]CCc2c1[nH]c1ccccc21. The third-order valence-electron chi connectivity index (χ3n) is 5.71. The summed E-state index contributed by atoms with van der Waals surface area (Å²) in [6.45, 7) is 0.931. The Hall–Kier alpha value is -3.23. The minimum absolute atomic E-state index is 0.0609. The van der Waals surface area contributed by atoms with E-state index in [1.54, 1.807) is 12.1 Å². The van der Waals surface area contributed by atoms with Crippen LogP contribution in [0.4, 0.5) is 4.39 Å². The maximum absolute atomic E-state index is 13.4. The second-order valence-corrected chi connectivity index (χ2v) is 7.89. The average molecular weight is 422 g/mol. The molecule has 5 rings (SSSR count). The summed E-state index contributed by atoms with van der Waals surface area (Å²) in [4.78, 5) is 18.9. The van der Waals surface area contributed by atoms with Gasteiger partial charge in [-0.25, -0.2) is 4.39 Å². The zero-order chi connectivity index (χ0) is 20.8. The lowest BCUT2D eigenvalue weighted by atomic mass is 9.95. The van der Waals surface area contributed by atoms with Crippen LogP contribution in [0.15, 0.2) is 53.3 Å². The molecule has 8 heteroatoms. The smallest absolute Gasteiger partial charge is 0.260 e. The molecule has 2 aromatic carbocycles. The lowest BCUT2D eigenvalue weighted by Gasteiger charge is -2.27. The lowest BCUT2D eigenvalue weighted by Crippen LogP contribution is -2.88. The first-order valence-electron chi connectivity index (χ1n) is 9.74. The summed E-state index contributed by atoms with van der Waals surface area (Å²) in [5.41, 5.74) is 3.43. The standard InChI is InChI=1S/C22H19FN4O2S/c23-13-7-5-12(6-8-13)11-27-21(29)17(20(28)26-22(27)30)19-18-15(9-10-24-19)14-3-1-2-4-16(14)25-18/h1-8,19,24-25,29H,9-11H2,(H,26,28,30)/t19-/m1/s1. The van der Waals surface area contributed by atoms with E-state index in [9.17, 15) is 14.3 Å². The van der Waals surface area contributed by atoms with Crippen molar-refractivity contribution in [3.63, 3.8) is 0 Å². The Labute approximate surface area is 176 Å². The molecule has 0 bridgehead atoms. The molecule has 0 fully saturated rings. The van der Waals surface area contributed by atoms with E-state index in [4.69, 9.17) is 12.2 Å². The van der Waals surface area contributed by atoms with Crippen LogP contribution in [0.25, 0.3) is 10.9 Å². The average Bonchev–Trinajstić information content (AvgIpc) is 3.12. The number of aromatic nitrogens is 3. The van der Waals surface area contributed by atoms with Gasteiger partial charge in [-0.15, -0.1) is 0 Å². The Balaban J connectivity index is 1.65. The Morgan fingerprint density at radius 1 is 1.17 bits per heavy atom. The summed E-state index contributed by atoms with van der Waals surface area (Å²) >= 11 is 5.26. The number of benzene rings is 2. The van der Waals surface area contributed by atoms with Crippen molar-refractivity contribution in [3.8, 4) is 5.88 Å². The van der Waals surface area contributed by atoms with Crippen molar-refractivity contribution in [1.29, 1.82) is 0 Å². The molecule has 4 N–H and O–H groups in total. The molecule has 0 saturated carbocycles. The first-order chi connectivity index (χ1) is 14.5. The highest BCUT2D eigenvalue weighted by Crippen LogP contribution is 2.31. The van der Waals surface area contributed by atoms with Gasteiger partial charge in [-0.1, -0.05) is 30.3 Å². The van der Waals surface area contributed by atoms with Crippen LogP contribution in [-0.4, -0.2) is 21.1 Å². The number of nitrogens with one attached hydrogen (secondary N) is 2. The molecule has 0 amide bonds. The Morgan fingerprint density at radius 2 is 1.93 bits per heavy atom. The zero-order valence-corrected chi connectivity index (χ0v) is 16.8. The van der Waals surface area contributed by atoms with Crippen molar-refractivity contribution in [3.05, 3.63) is 91.9 Å². The highest BCUT2D eigenvalue weighted by Gasteiger charge is 2.31. The number of aromatic amines is 2. The van der Waals surface area contributed by atoms with E-state index in [0.717, 1.165) is 40.7 Å². The molecular weight excluding hydrogens is 403 g/mol. The highest BCUT2D eigenvalue weighted by atomic mass is 32.1. The van der Waals surface area contributed by atoms with Gasteiger partial charge < -0.3 is 20.0 Å². The Bertz CT molecular complexity index is 1370. The fraction of sp³-hybridized carbons (Fsp3) is 0.182. The molecule has 2 aromatic heterocycles. The predicted molar refractivity (Wildman–Crippen MR) is 111 cm³/mol. The molecule has 0 radical (unpaired) electrons. The third-order valence-corrected chi connectivity index (χ3v) is 6.03. The van der Waals surface area contributed by atoms with Gasteiger partial charge in [0, 0.05) is 23.9 Å². The third kappa shape index (κ3) is 3.05. The van der Waals surface area contributed by atoms with Crippen molar-refractivity contribution in [2.45, 2.75) is 19.0 Å². The van der Waals surface area contributed by atoms with E-state index in [-0.39, 0.29) is 22.7 Å². The summed E-state index contributed by atoms with van der Waals surface area (Å²) in [5.74, 6) is -0.768. The molecule has 3 heterocycles. The van der Waals surface area contributed by atoms with Crippen LogP contribution >= 0.6 is 12.2 Å². The van der Waals surface area contributed by atoms with Crippen LogP contribution in [-0.2, 0) is 13.0 Å². The number of H-pyrrole nitrogens is 2. The first kappa shape index (κ1) is 18.8. The second kappa shape index (κ2) is 7.23. The van der Waals surface area contributed by atoms with Gasteiger partial charge in [0.25, 0.3) is 5.56 Å². The fourth-order valence-corrected chi connectivity index (χ4v) is 4.53. The van der Waals surface area contributed by atoms with Crippen LogP contribution in [0.2, 0.25) is 0 Å². The summed E-state index contributed by atoms with van der Waals surface area (Å²) in [5, 5.41) is 16.5. The molecule has 0 spiro atoms. The number of nitrogens with two attached hydrogens (primary N) is 1. The molecule has 4 aromatic rings. The van der Waals surface area contributed by atoms with Crippen molar-refractivity contribution >= 4 is 23.1 Å². The number of para-hydroxylation sites is 1. The predicted octanol–water partition coefficient (Wildman–Crippen LogP) is 1.86. The molecule has 0 aliphatic carbocycles. The monoisotopic (exact) mass is 422 g/mol. The van der Waals surface area contributed by atoms with Gasteiger partial charge in [0.1, 0.15) is 5.82 Å². The van der Waals surface area contributed by atoms with Crippen LogP contribution in [0, 0.1) is 10.6 Å². The number of halogens is 1. The van der Waals surface area contributed by atoms with Gasteiger partial charge in [-0.05, 0) is 47.4 Å². The molecule has 1 aliphatic rings. The van der Waals surface area contributed by atoms with Crippen molar-refractivity contribution in [1.82, 2.24) is 14.5 Å². The quantitative estimate of drug-likeness (QED) is 0.440. The fourth-order valence-electron chi connectivity index (χ4n) is 4.29. The number of rotatable bonds is 3. The van der Waals surface area contributed by atoms with Crippen molar-refractivity contribution < 1.29 is 14.8 Å². The number of fused-ring (bicyclic) bond motifs is 3. The second-order valence-electron chi connectivity index (χ2n) is 7.51. The molecule has 0 unspecified atom stereocenters. The van der Waals surface area contributed by atoms with Gasteiger partial charge in [-0.3, -0.25) is 9.78 Å². The van der Waals surface area contributed by atoms with E-state index < -0.39 is 17.5 Å². The summed E-state index contributed by atoms with van der Waals surface area (Å²) in [7, 11) is 0. The number of quaternary nitrogens is 1. The van der Waals surface area contributed by atoms with E-state index in [1.165, 1.54) is 16.7 Å². The van der Waals surface area contributed by atoms with Gasteiger partial charge in [-0.2, -0.15) is 0 Å². The van der Waals surface area contributed by atoms with Gasteiger partial charge in [0.15, 0.2) is 10.8 Å². The van der Waals surface area contributed by atoms with Gasteiger partial charge >= 0.3 is 0 Å². The Morgan fingerprint density at radius 3 is 2.73 bits per heavy atom. The lowest BCUT2D eigenvalue weighted by molar-refractivity contribution is -0.691. The molecular formula is C22H19FN4O2S. The molecule has 30 heavy (non-hydrogen) atoms. The van der Waals surface area contributed by atoms with Crippen molar-refractivity contribution in [2.75, 3.05) is 6.54 Å². The molecule has 1 atom stereocenters. The van der Waals surface area contributed by atoms with E-state index in [2.05, 4.69) is 16.0 Å². The van der Waals surface area contributed by atoms with Crippen molar-refractivity contribution in [2.24, 2.45) is 0 Å². The maximum atomic E-state index is 13.4. The molecule has 152 valence electrons. The van der Waals surface area contributed by atoms with Crippen LogP contribution in [0.5, 0.6) is 5.88 Å². The molecule has 6 nitrogen and oxygen atoms in total. The van der Waals surface area contributed by atoms with Crippen LogP contribution in [0.1, 0.15) is 28.4 Å². The Kier molecular flexibility index (Phi) is 4.52.